The van der Waals surface area contributed by atoms with Gasteiger partial charge in [0, 0.05) is 12.8 Å². The summed E-state index contributed by atoms with van der Waals surface area (Å²) < 4.78 is 10.1. The first-order valence-electron chi connectivity index (χ1n) is 8.27. The smallest absolute Gasteiger partial charge is 0.306 e. The summed E-state index contributed by atoms with van der Waals surface area (Å²) in [6.07, 6.45) is 0.181. The monoisotopic (exact) mass is 364 g/mol. The first-order chi connectivity index (χ1) is 12.4. The zero-order valence-electron chi connectivity index (χ0n) is 14.6. The van der Waals surface area contributed by atoms with Gasteiger partial charge >= 0.3 is 11.9 Å². The summed E-state index contributed by atoms with van der Waals surface area (Å²) in [6.45, 7) is 0.0269. The number of esters is 2. The lowest BCUT2D eigenvalue weighted by Gasteiger charge is -2.07. The molecule has 0 saturated carbocycles. The van der Waals surface area contributed by atoms with Gasteiger partial charge in [-0.2, -0.15) is 0 Å². The van der Waals surface area contributed by atoms with Gasteiger partial charge in [-0.3, -0.25) is 19.2 Å². The van der Waals surface area contributed by atoms with E-state index in [4.69, 9.17) is 20.9 Å². The van der Waals surface area contributed by atoms with Crippen molar-refractivity contribution in [3.63, 3.8) is 0 Å². The van der Waals surface area contributed by atoms with Gasteiger partial charge in [-0.15, -0.1) is 0 Å². The summed E-state index contributed by atoms with van der Waals surface area (Å²) in [5.74, 6) is -1.30. The number of ketones is 2. The van der Waals surface area contributed by atoms with E-state index in [9.17, 15) is 19.2 Å². The zero-order valence-corrected chi connectivity index (χ0v) is 14.6. The molecular weight excluding hydrogens is 340 g/mol. The third-order valence-electron chi connectivity index (χ3n) is 3.49. The van der Waals surface area contributed by atoms with Gasteiger partial charge in [0.2, 0.25) is 0 Å². The predicted molar refractivity (Wildman–Crippen MR) is 92.6 cm³/mol. The summed E-state index contributed by atoms with van der Waals surface area (Å²) in [4.78, 5) is 45.1. The van der Waals surface area contributed by atoms with Crippen molar-refractivity contribution in [2.24, 2.45) is 11.5 Å². The van der Waals surface area contributed by atoms with Gasteiger partial charge in [0.1, 0.15) is 24.8 Å². The van der Waals surface area contributed by atoms with Crippen LogP contribution in [0.3, 0.4) is 0 Å². The normalized spacial score (nSPS) is 10.2. The zero-order chi connectivity index (χ0) is 19.4. The second kappa shape index (κ2) is 11.9. The molecule has 0 unspecified atom stereocenters. The fourth-order valence-electron chi connectivity index (χ4n) is 1.89. The maximum atomic E-state index is 11.5. The van der Waals surface area contributed by atoms with Gasteiger partial charge in [-0.1, -0.05) is 24.3 Å². The van der Waals surface area contributed by atoms with Gasteiger partial charge in [0.05, 0.1) is 25.9 Å². The van der Waals surface area contributed by atoms with Crippen LogP contribution in [0.4, 0.5) is 0 Å². The van der Waals surface area contributed by atoms with Crippen LogP contribution in [-0.4, -0.2) is 36.6 Å². The molecular formula is C18H24N2O6. The van der Waals surface area contributed by atoms with Crippen molar-refractivity contribution >= 4 is 23.5 Å². The van der Waals surface area contributed by atoms with Crippen molar-refractivity contribution in [2.45, 2.75) is 38.9 Å². The number of rotatable bonds is 12. The predicted octanol–water partition coefficient (Wildman–Crippen LogP) is 0.389. The minimum absolute atomic E-state index is 0.0106. The van der Waals surface area contributed by atoms with Crippen LogP contribution < -0.4 is 11.5 Å². The van der Waals surface area contributed by atoms with E-state index in [-0.39, 0.29) is 63.6 Å². The molecule has 0 aliphatic rings. The number of Topliss-reactive ketones (excluding diaryl/α,β-unsaturated/α-hetero) is 2. The van der Waals surface area contributed by atoms with Crippen LogP contribution in [0, 0.1) is 0 Å². The van der Waals surface area contributed by atoms with E-state index < -0.39 is 11.9 Å². The maximum Gasteiger partial charge on any atom is 0.306 e. The second-order valence-electron chi connectivity index (χ2n) is 5.62. The maximum absolute atomic E-state index is 11.5. The Balaban J connectivity index is 2.30. The summed E-state index contributed by atoms with van der Waals surface area (Å²) in [5.41, 5.74) is 11.9. The van der Waals surface area contributed by atoms with Crippen LogP contribution in [0.2, 0.25) is 0 Å². The van der Waals surface area contributed by atoms with Crippen molar-refractivity contribution < 1.29 is 28.7 Å². The van der Waals surface area contributed by atoms with Crippen molar-refractivity contribution in [3.8, 4) is 0 Å². The highest BCUT2D eigenvalue weighted by Crippen LogP contribution is 2.09. The Morgan fingerprint density at radius 1 is 0.654 bits per heavy atom. The summed E-state index contributed by atoms with van der Waals surface area (Å²) in [6, 6.07) is 7.00. The molecule has 0 bridgehead atoms. The fourth-order valence-corrected chi connectivity index (χ4v) is 1.89. The van der Waals surface area contributed by atoms with Gasteiger partial charge < -0.3 is 20.9 Å². The molecule has 0 aliphatic heterocycles. The molecule has 26 heavy (non-hydrogen) atoms. The van der Waals surface area contributed by atoms with E-state index in [1.807, 2.05) is 0 Å². The average Bonchev–Trinajstić information content (AvgIpc) is 2.67. The van der Waals surface area contributed by atoms with Crippen LogP contribution in [0.5, 0.6) is 0 Å². The van der Waals surface area contributed by atoms with E-state index in [2.05, 4.69) is 0 Å². The van der Waals surface area contributed by atoms with Gasteiger partial charge in [0.15, 0.2) is 0 Å². The molecule has 0 spiro atoms. The fraction of sp³-hybridized carbons (Fsp3) is 0.444. The molecule has 0 aromatic heterocycles. The quantitative estimate of drug-likeness (QED) is 0.508. The van der Waals surface area contributed by atoms with E-state index in [0.29, 0.717) is 0 Å². The van der Waals surface area contributed by atoms with Crippen LogP contribution in [0.15, 0.2) is 24.3 Å². The molecule has 142 valence electrons. The highest BCUT2D eigenvalue weighted by atomic mass is 16.5. The first kappa shape index (κ1) is 21.5. The van der Waals surface area contributed by atoms with Crippen LogP contribution >= 0.6 is 0 Å². The lowest BCUT2D eigenvalue weighted by molar-refractivity contribution is -0.146. The Bertz CT molecular complexity index is 572. The third kappa shape index (κ3) is 9.05. The van der Waals surface area contributed by atoms with Crippen LogP contribution in [0.1, 0.15) is 36.8 Å². The van der Waals surface area contributed by atoms with E-state index in [0.717, 1.165) is 11.1 Å². The lowest BCUT2D eigenvalue weighted by Crippen LogP contribution is -2.15. The van der Waals surface area contributed by atoms with Crippen molar-refractivity contribution in [2.75, 3.05) is 13.1 Å². The molecule has 1 rings (SSSR count). The summed E-state index contributed by atoms with van der Waals surface area (Å²) >= 11 is 0. The summed E-state index contributed by atoms with van der Waals surface area (Å²) in [5, 5.41) is 0. The first-order valence-corrected chi connectivity index (χ1v) is 8.27. The number of carbonyl (C=O) groups is 4. The molecule has 1 aromatic carbocycles. The van der Waals surface area contributed by atoms with E-state index in [1.165, 1.54) is 0 Å². The number of ether oxygens (including phenoxy) is 2. The number of benzene rings is 1. The van der Waals surface area contributed by atoms with E-state index >= 15 is 0 Å². The van der Waals surface area contributed by atoms with E-state index in [1.54, 1.807) is 24.3 Å². The SMILES string of the molecule is NCC(=O)CCC(=O)OCc1ccc(COC(=O)CCC(=O)CN)cc1. The standard InChI is InChI=1S/C18H24N2O6/c19-9-15(21)5-7-17(23)25-11-13-1-2-14(4-3-13)12-26-18(24)8-6-16(22)10-20/h1-4H,5-12,19-20H2. The number of carbonyl (C=O) groups excluding carboxylic acids is 4. The highest BCUT2D eigenvalue weighted by Gasteiger charge is 2.08. The molecule has 0 amide bonds. The molecule has 0 atom stereocenters. The Kier molecular flexibility index (Phi) is 9.81. The van der Waals surface area contributed by atoms with Crippen LogP contribution in [0.25, 0.3) is 0 Å². The average molecular weight is 364 g/mol. The third-order valence-corrected chi connectivity index (χ3v) is 3.49. The molecule has 8 nitrogen and oxygen atoms in total. The Morgan fingerprint density at radius 3 is 1.31 bits per heavy atom. The largest absolute Gasteiger partial charge is 0.461 e. The summed E-state index contributed by atoms with van der Waals surface area (Å²) in [7, 11) is 0. The molecule has 0 heterocycles. The van der Waals surface area contributed by atoms with Crippen molar-refractivity contribution in [1.82, 2.24) is 0 Å². The molecule has 0 saturated heterocycles. The molecule has 4 N–H and O–H groups in total. The Morgan fingerprint density at radius 2 is 1.00 bits per heavy atom. The highest BCUT2D eigenvalue weighted by molar-refractivity contribution is 5.84. The lowest BCUT2D eigenvalue weighted by atomic mass is 10.1. The number of hydrogen-bond acceptors (Lipinski definition) is 8. The Labute approximate surface area is 151 Å². The van der Waals surface area contributed by atoms with Crippen molar-refractivity contribution in [1.29, 1.82) is 0 Å². The minimum Gasteiger partial charge on any atom is -0.461 e. The molecule has 0 radical (unpaired) electrons. The molecule has 8 heteroatoms. The van der Waals surface area contributed by atoms with Crippen molar-refractivity contribution in [3.05, 3.63) is 35.4 Å². The molecule has 0 fully saturated rings. The minimum atomic E-state index is -0.461. The second-order valence-corrected chi connectivity index (χ2v) is 5.62. The Hall–Kier alpha value is -2.58. The molecule has 1 aromatic rings. The van der Waals surface area contributed by atoms with Gasteiger partial charge in [0.25, 0.3) is 0 Å². The number of nitrogens with two attached hydrogens (primary N) is 2. The van der Waals surface area contributed by atoms with Gasteiger partial charge in [-0.25, -0.2) is 0 Å². The van der Waals surface area contributed by atoms with Gasteiger partial charge in [-0.05, 0) is 11.1 Å². The topological polar surface area (TPSA) is 139 Å². The van der Waals surface area contributed by atoms with Crippen LogP contribution in [-0.2, 0) is 41.9 Å². The number of hydrogen-bond donors (Lipinski definition) is 2. The molecule has 0 aliphatic carbocycles.